The molecule has 1 saturated heterocycles. The van der Waals surface area contributed by atoms with Crippen LogP contribution in [0.25, 0.3) is 0 Å². The summed E-state index contributed by atoms with van der Waals surface area (Å²) in [6.45, 7) is 2.63. The van der Waals surface area contributed by atoms with E-state index in [9.17, 15) is 9.59 Å². The van der Waals surface area contributed by atoms with Gasteiger partial charge >= 0.3 is 5.97 Å². The highest BCUT2D eigenvalue weighted by atomic mass is 16.5. The van der Waals surface area contributed by atoms with Gasteiger partial charge in [-0.05, 0) is 31.4 Å². The van der Waals surface area contributed by atoms with Crippen LogP contribution in [0.15, 0.2) is 24.3 Å². The summed E-state index contributed by atoms with van der Waals surface area (Å²) >= 11 is 0. The van der Waals surface area contributed by atoms with Gasteiger partial charge in [0.05, 0.1) is 18.1 Å². The van der Waals surface area contributed by atoms with Crippen LogP contribution in [0, 0.1) is 0 Å². The van der Waals surface area contributed by atoms with Gasteiger partial charge in [0.25, 0.3) is 0 Å². The summed E-state index contributed by atoms with van der Waals surface area (Å²) in [4.78, 5) is 23.1. The van der Waals surface area contributed by atoms with Gasteiger partial charge in [-0.25, -0.2) is 4.79 Å². The Balaban J connectivity index is 1.96. The molecule has 2 rings (SSSR count). The van der Waals surface area contributed by atoms with Crippen LogP contribution in [0.5, 0.6) is 0 Å². The molecule has 0 spiro atoms. The van der Waals surface area contributed by atoms with Gasteiger partial charge in [-0.15, -0.1) is 0 Å². The number of carbonyl (C=O) groups is 2. The lowest BCUT2D eigenvalue weighted by atomic mass is 10.0. The predicted octanol–water partition coefficient (Wildman–Crippen LogP) is 1.61. The minimum Gasteiger partial charge on any atom is -0.478 e. The van der Waals surface area contributed by atoms with Crippen molar-refractivity contribution in [1.82, 2.24) is 5.32 Å². The molecule has 1 fully saturated rings. The van der Waals surface area contributed by atoms with E-state index in [2.05, 4.69) is 5.32 Å². The molecule has 0 aromatic heterocycles. The molecular formula is C15H19NO4. The van der Waals surface area contributed by atoms with Crippen molar-refractivity contribution in [2.45, 2.75) is 38.3 Å². The lowest BCUT2D eigenvalue weighted by Gasteiger charge is -2.28. The van der Waals surface area contributed by atoms with Gasteiger partial charge in [0.2, 0.25) is 5.91 Å². The van der Waals surface area contributed by atoms with Crippen LogP contribution in [-0.2, 0) is 16.0 Å². The smallest absolute Gasteiger partial charge is 0.335 e. The van der Waals surface area contributed by atoms with Crippen LogP contribution < -0.4 is 5.32 Å². The Morgan fingerprint density at radius 1 is 1.40 bits per heavy atom. The van der Waals surface area contributed by atoms with E-state index in [0.29, 0.717) is 12.2 Å². The number of carboxylic acid groups (broad SMARTS) is 1. The van der Waals surface area contributed by atoms with E-state index in [0.717, 1.165) is 12.8 Å². The minimum atomic E-state index is -1.01. The van der Waals surface area contributed by atoms with Gasteiger partial charge in [0.15, 0.2) is 0 Å². The lowest BCUT2D eigenvalue weighted by Crippen LogP contribution is -2.42. The summed E-state index contributed by atoms with van der Waals surface area (Å²) in [5.74, 6) is -1.15. The van der Waals surface area contributed by atoms with Crippen molar-refractivity contribution < 1.29 is 19.4 Å². The van der Waals surface area contributed by atoms with E-state index < -0.39 is 5.97 Å². The van der Waals surface area contributed by atoms with E-state index in [4.69, 9.17) is 9.84 Å². The second-order valence-electron chi connectivity index (χ2n) is 5.11. The van der Waals surface area contributed by atoms with E-state index in [1.807, 2.05) is 6.92 Å². The molecule has 2 atom stereocenters. The molecule has 0 aliphatic carbocycles. The summed E-state index contributed by atoms with van der Waals surface area (Å²) < 4.78 is 5.43. The van der Waals surface area contributed by atoms with Crippen LogP contribution in [-0.4, -0.2) is 35.7 Å². The Bertz CT molecular complexity index is 500. The number of nitrogens with one attached hydrogen (secondary N) is 1. The number of ether oxygens (including phenoxy) is 1. The molecule has 1 aliphatic heterocycles. The van der Waals surface area contributed by atoms with Crippen molar-refractivity contribution in [3.05, 3.63) is 35.4 Å². The average molecular weight is 277 g/mol. The van der Waals surface area contributed by atoms with Gasteiger partial charge in [0.1, 0.15) is 0 Å². The number of aromatic carboxylic acids is 1. The molecule has 1 amide bonds. The first-order valence-corrected chi connectivity index (χ1v) is 6.78. The SMILES string of the molecule is CC1CC(NC(=O)Cc2ccccc2C(=O)O)CCO1. The third-order valence-electron chi connectivity index (χ3n) is 3.45. The number of carbonyl (C=O) groups excluding carboxylic acids is 1. The normalized spacial score (nSPS) is 22.2. The lowest BCUT2D eigenvalue weighted by molar-refractivity contribution is -0.122. The summed E-state index contributed by atoms with van der Waals surface area (Å²) in [7, 11) is 0. The number of benzene rings is 1. The molecule has 2 N–H and O–H groups in total. The van der Waals surface area contributed by atoms with Gasteiger partial charge in [-0.1, -0.05) is 18.2 Å². The minimum absolute atomic E-state index is 0.0915. The highest BCUT2D eigenvalue weighted by Crippen LogP contribution is 2.14. The number of rotatable bonds is 4. The second kappa shape index (κ2) is 6.52. The number of amides is 1. The van der Waals surface area contributed by atoms with Gasteiger partial charge in [-0.3, -0.25) is 4.79 Å². The zero-order valence-electron chi connectivity index (χ0n) is 11.5. The van der Waals surface area contributed by atoms with Crippen molar-refractivity contribution in [2.75, 3.05) is 6.61 Å². The maximum Gasteiger partial charge on any atom is 0.335 e. The average Bonchev–Trinajstić information content (AvgIpc) is 2.38. The molecule has 5 heteroatoms. The Morgan fingerprint density at radius 3 is 2.85 bits per heavy atom. The molecule has 108 valence electrons. The highest BCUT2D eigenvalue weighted by molar-refractivity contribution is 5.91. The topological polar surface area (TPSA) is 75.6 Å². The maximum atomic E-state index is 12.0. The van der Waals surface area contributed by atoms with Crippen molar-refractivity contribution >= 4 is 11.9 Å². The number of hydrogen-bond acceptors (Lipinski definition) is 3. The van der Waals surface area contributed by atoms with Crippen LogP contribution in [0.1, 0.15) is 35.7 Å². The van der Waals surface area contributed by atoms with Gasteiger partial charge in [-0.2, -0.15) is 0 Å². The first-order valence-electron chi connectivity index (χ1n) is 6.78. The standard InChI is InChI=1S/C15H19NO4/c1-10-8-12(6-7-20-10)16-14(17)9-11-4-2-3-5-13(11)15(18)19/h2-5,10,12H,6-9H2,1H3,(H,16,17)(H,18,19). The molecule has 1 aromatic carbocycles. The fourth-order valence-corrected chi connectivity index (χ4v) is 2.46. The van der Waals surface area contributed by atoms with Gasteiger partial charge < -0.3 is 15.2 Å². The van der Waals surface area contributed by atoms with Crippen molar-refractivity contribution in [3.8, 4) is 0 Å². The zero-order chi connectivity index (χ0) is 14.5. The Morgan fingerprint density at radius 2 is 2.15 bits per heavy atom. The Hall–Kier alpha value is -1.88. The summed E-state index contributed by atoms with van der Waals surface area (Å²) in [6.07, 6.45) is 1.84. The first kappa shape index (κ1) is 14.5. The van der Waals surface area contributed by atoms with E-state index in [-0.39, 0.29) is 30.0 Å². The molecule has 1 heterocycles. The number of hydrogen-bond donors (Lipinski definition) is 2. The predicted molar refractivity (Wildman–Crippen MR) is 73.7 cm³/mol. The molecule has 1 aliphatic rings. The molecule has 20 heavy (non-hydrogen) atoms. The molecule has 0 radical (unpaired) electrons. The van der Waals surface area contributed by atoms with Crippen molar-refractivity contribution in [3.63, 3.8) is 0 Å². The summed E-state index contributed by atoms with van der Waals surface area (Å²) in [5.41, 5.74) is 0.723. The van der Waals surface area contributed by atoms with Crippen molar-refractivity contribution in [2.24, 2.45) is 0 Å². The third-order valence-corrected chi connectivity index (χ3v) is 3.45. The van der Waals surface area contributed by atoms with Crippen LogP contribution in [0.2, 0.25) is 0 Å². The van der Waals surface area contributed by atoms with Crippen LogP contribution in [0.3, 0.4) is 0 Å². The molecule has 0 saturated carbocycles. The molecule has 5 nitrogen and oxygen atoms in total. The van der Waals surface area contributed by atoms with E-state index >= 15 is 0 Å². The monoisotopic (exact) mass is 277 g/mol. The largest absolute Gasteiger partial charge is 0.478 e. The van der Waals surface area contributed by atoms with Crippen LogP contribution in [0.4, 0.5) is 0 Å². The molecule has 2 unspecified atom stereocenters. The highest BCUT2D eigenvalue weighted by Gasteiger charge is 2.21. The maximum absolute atomic E-state index is 12.0. The molecule has 1 aromatic rings. The number of carboxylic acids is 1. The Labute approximate surface area is 117 Å². The quantitative estimate of drug-likeness (QED) is 0.876. The van der Waals surface area contributed by atoms with E-state index in [1.54, 1.807) is 18.2 Å². The second-order valence-corrected chi connectivity index (χ2v) is 5.11. The Kier molecular flexibility index (Phi) is 4.74. The van der Waals surface area contributed by atoms with Gasteiger partial charge in [0, 0.05) is 12.6 Å². The van der Waals surface area contributed by atoms with Crippen molar-refractivity contribution in [1.29, 1.82) is 0 Å². The third kappa shape index (κ3) is 3.81. The first-order chi connectivity index (χ1) is 9.56. The fourth-order valence-electron chi connectivity index (χ4n) is 2.46. The zero-order valence-corrected chi connectivity index (χ0v) is 11.5. The fraction of sp³-hybridized carbons (Fsp3) is 0.467. The molecule has 0 bridgehead atoms. The van der Waals surface area contributed by atoms with Crippen LogP contribution >= 0.6 is 0 Å². The summed E-state index contributed by atoms with van der Waals surface area (Å²) in [5, 5.41) is 12.0. The molecular weight excluding hydrogens is 258 g/mol. The summed E-state index contributed by atoms with van der Waals surface area (Å²) in [6, 6.07) is 6.71. The van der Waals surface area contributed by atoms with E-state index in [1.165, 1.54) is 6.07 Å².